The number of nitrogens with one attached hydrogen (secondary N) is 2. The molecule has 20 heavy (non-hydrogen) atoms. The van der Waals surface area contributed by atoms with Crippen LogP contribution in [0.5, 0.6) is 0 Å². The van der Waals surface area contributed by atoms with Gasteiger partial charge in [-0.2, -0.15) is 0 Å². The van der Waals surface area contributed by atoms with Gasteiger partial charge in [0.15, 0.2) is 5.78 Å². The van der Waals surface area contributed by atoms with Crippen LogP contribution < -0.4 is 10.6 Å². The van der Waals surface area contributed by atoms with Gasteiger partial charge in [0.25, 0.3) is 0 Å². The van der Waals surface area contributed by atoms with Gasteiger partial charge < -0.3 is 20.8 Å². The second kappa shape index (κ2) is 9.03. The van der Waals surface area contributed by atoms with Crippen LogP contribution in [0.3, 0.4) is 0 Å². The van der Waals surface area contributed by atoms with Crippen molar-refractivity contribution in [1.82, 2.24) is 10.6 Å². The summed E-state index contributed by atoms with van der Waals surface area (Å²) in [5, 5.41) is 22.3. The van der Waals surface area contributed by atoms with Crippen molar-refractivity contribution in [3.8, 4) is 0 Å². The van der Waals surface area contributed by atoms with E-state index in [1.54, 1.807) is 0 Å². The second-order valence-corrected chi connectivity index (χ2v) is 4.38. The van der Waals surface area contributed by atoms with Crippen LogP contribution in [-0.4, -0.2) is 53.0 Å². The van der Waals surface area contributed by atoms with Crippen molar-refractivity contribution in [2.75, 3.05) is 7.05 Å². The van der Waals surface area contributed by atoms with Crippen LogP contribution in [0, 0.1) is 0 Å². The number of rotatable bonds is 10. The maximum absolute atomic E-state index is 11.6. The summed E-state index contributed by atoms with van der Waals surface area (Å²) in [4.78, 5) is 44.1. The monoisotopic (exact) mass is 288 g/mol. The van der Waals surface area contributed by atoms with E-state index >= 15 is 0 Å². The van der Waals surface area contributed by atoms with Crippen LogP contribution in [-0.2, 0) is 19.2 Å². The van der Waals surface area contributed by atoms with Gasteiger partial charge in [-0.05, 0) is 26.8 Å². The molecule has 0 bridgehead atoms. The van der Waals surface area contributed by atoms with Gasteiger partial charge in [0.1, 0.15) is 6.04 Å². The minimum Gasteiger partial charge on any atom is -0.481 e. The smallest absolute Gasteiger partial charge is 0.320 e. The van der Waals surface area contributed by atoms with Gasteiger partial charge in [-0.15, -0.1) is 0 Å². The molecule has 8 nitrogen and oxygen atoms in total. The molecule has 0 fully saturated rings. The lowest BCUT2D eigenvalue weighted by atomic mass is 10.1. The lowest BCUT2D eigenvalue weighted by molar-refractivity contribution is -0.140. The molecule has 4 N–H and O–H groups in total. The number of carbonyl (C=O) groups is 4. The van der Waals surface area contributed by atoms with Gasteiger partial charge in [0, 0.05) is 12.8 Å². The molecule has 0 aliphatic heterocycles. The van der Waals surface area contributed by atoms with Crippen LogP contribution >= 0.6 is 0 Å². The quantitative estimate of drug-likeness (QED) is 0.421. The molecule has 114 valence electrons. The number of carboxylic acid groups (broad SMARTS) is 2. The molecule has 0 aromatic rings. The predicted molar refractivity (Wildman–Crippen MR) is 69.2 cm³/mol. The van der Waals surface area contributed by atoms with E-state index in [9.17, 15) is 19.2 Å². The third kappa shape index (κ3) is 7.47. The number of amides is 1. The summed E-state index contributed by atoms with van der Waals surface area (Å²) in [5.74, 6) is -2.92. The average molecular weight is 288 g/mol. The van der Waals surface area contributed by atoms with Crippen LogP contribution in [0.25, 0.3) is 0 Å². The summed E-state index contributed by atoms with van der Waals surface area (Å²) < 4.78 is 0. The van der Waals surface area contributed by atoms with E-state index in [1.165, 1.54) is 14.0 Å². The Labute approximate surface area is 116 Å². The molecule has 2 atom stereocenters. The van der Waals surface area contributed by atoms with Crippen molar-refractivity contribution >= 4 is 23.6 Å². The zero-order valence-electron chi connectivity index (χ0n) is 11.5. The number of Topliss-reactive ketones (excluding diaryl/α,β-unsaturated/α-hetero) is 1. The summed E-state index contributed by atoms with van der Waals surface area (Å²) in [5.41, 5.74) is 0. The molecule has 0 unspecified atom stereocenters. The molecular weight excluding hydrogens is 268 g/mol. The van der Waals surface area contributed by atoms with Crippen molar-refractivity contribution in [2.24, 2.45) is 0 Å². The fraction of sp³-hybridized carbons (Fsp3) is 0.667. The van der Waals surface area contributed by atoms with Gasteiger partial charge in [0.2, 0.25) is 5.91 Å². The Kier molecular flexibility index (Phi) is 8.14. The first-order chi connectivity index (χ1) is 9.27. The van der Waals surface area contributed by atoms with Gasteiger partial charge in [-0.3, -0.25) is 19.2 Å². The van der Waals surface area contributed by atoms with Crippen LogP contribution in [0.2, 0.25) is 0 Å². The fourth-order valence-electron chi connectivity index (χ4n) is 1.58. The van der Waals surface area contributed by atoms with E-state index in [0.717, 1.165) is 0 Å². The van der Waals surface area contributed by atoms with Crippen molar-refractivity contribution in [1.29, 1.82) is 0 Å². The minimum atomic E-state index is -1.06. The van der Waals surface area contributed by atoms with Gasteiger partial charge in [-0.1, -0.05) is 0 Å². The Hall–Kier alpha value is -1.96. The number of aliphatic carboxylic acids is 2. The Morgan fingerprint density at radius 3 is 1.95 bits per heavy atom. The molecule has 0 saturated heterocycles. The minimum absolute atomic E-state index is 0.0186. The largest absolute Gasteiger partial charge is 0.481 e. The molecule has 0 rings (SSSR count). The summed E-state index contributed by atoms with van der Waals surface area (Å²) in [7, 11) is 1.47. The molecule has 0 spiro atoms. The summed E-state index contributed by atoms with van der Waals surface area (Å²) in [6.07, 6.45) is -0.181. The highest BCUT2D eigenvalue weighted by atomic mass is 16.4. The number of carbonyl (C=O) groups excluding carboxylic acids is 2. The standard InChI is InChI=1S/C12H20N2O6/c1-7(15)8(4-6-11(17)18)14-10(16)5-3-9(13-2)12(19)20/h8-9,13H,3-6H2,1-2H3,(H,14,16)(H,17,18)(H,19,20)/t8-,9-/m0/s1. The van der Waals surface area contributed by atoms with Crippen LogP contribution in [0.15, 0.2) is 0 Å². The third-order valence-electron chi connectivity index (χ3n) is 2.78. The second-order valence-electron chi connectivity index (χ2n) is 4.38. The molecule has 0 heterocycles. The van der Waals surface area contributed by atoms with E-state index in [0.29, 0.717) is 0 Å². The first-order valence-corrected chi connectivity index (χ1v) is 6.19. The Morgan fingerprint density at radius 1 is 1.00 bits per heavy atom. The fourth-order valence-corrected chi connectivity index (χ4v) is 1.58. The number of ketones is 1. The predicted octanol–water partition coefficient (Wildman–Crippen LogP) is -0.622. The Balaban J connectivity index is 4.29. The molecule has 0 radical (unpaired) electrons. The number of carboxylic acids is 2. The zero-order valence-corrected chi connectivity index (χ0v) is 11.5. The van der Waals surface area contributed by atoms with E-state index < -0.39 is 29.9 Å². The highest BCUT2D eigenvalue weighted by Gasteiger charge is 2.20. The lowest BCUT2D eigenvalue weighted by Gasteiger charge is -2.16. The third-order valence-corrected chi connectivity index (χ3v) is 2.78. The average Bonchev–Trinajstić information content (AvgIpc) is 2.34. The molecule has 0 aliphatic rings. The number of likely N-dealkylation sites (N-methyl/N-ethyl adjacent to an activating group) is 1. The Bertz CT molecular complexity index is 382. The molecular formula is C12H20N2O6. The van der Waals surface area contributed by atoms with Gasteiger partial charge >= 0.3 is 11.9 Å². The number of hydrogen-bond acceptors (Lipinski definition) is 5. The SMILES string of the molecule is CN[C@@H](CCC(=O)N[C@@H](CCC(=O)O)C(C)=O)C(=O)O. The highest BCUT2D eigenvalue weighted by molar-refractivity contribution is 5.88. The first-order valence-electron chi connectivity index (χ1n) is 6.19. The zero-order chi connectivity index (χ0) is 15.7. The van der Waals surface area contributed by atoms with Crippen molar-refractivity contribution in [3.63, 3.8) is 0 Å². The van der Waals surface area contributed by atoms with E-state index in [-0.39, 0.29) is 31.5 Å². The highest BCUT2D eigenvalue weighted by Crippen LogP contribution is 2.02. The van der Waals surface area contributed by atoms with Gasteiger partial charge in [-0.25, -0.2) is 0 Å². The topological polar surface area (TPSA) is 133 Å². The summed E-state index contributed by atoms with van der Waals surface area (Å²) in [6, 6.07) is -1.69. The molecule has 0 aromatic carbocycles. The molecule has 0 saturated carbocycles. The summed E-state index contributed by atoms with van der Waals surface area (Å²) in [6.45, 7) is 1.26. The molecule has 0 aliphatic carbocycles. The van der Waals surface area contributed by atoms with Crippen molar-refractivity contribution < 1.29 is 29.4 Å². The molecule has 0 aromatic heterocycles. The van der Waals surface area contributed by atoms with Crippen molar-refractivity contribution in [2.45, 2.75) is 44.7 Å². The molecule has 8 heteroatoms. The Morgan fingerprint density at radius 2 is 1.55 bits per heavy atom. The van der Waals surface area contributed by atoms with Crippen LogP contribution in [0.1, 0.15) is 32.6 Å². The maximum Gasteiger partial charge on any atom is 0.320 e. The lowest BCUT2D eigenvalue weighted by Crippen LogP contribution is -2.41. The van der Waals surface area contributed by atoms with E-state index in [4.69, 9.17) is 10.2 Å². The maximum atomic E-state index is 11.6. The van der Waals surface area contributed by atoms with Crippen molar-refractivity contribution in [3.05, 3.63) is 0 Å². The summed E-state index contributed by atoms with van der Waals surface area (Å²) >= 11 is 0. The molecule has 1 amide bonds. The first kappa shape index (κ1) is 18.0. The van der Waals surface area contributed by atoms with E-state index in [1.807, 2.05) is 0 Å². The van der Waals surface area contributed by atoms with Crippen LogP contribution in [0.4, 0.5) is 0 Å². The van der Waals surface area contributed by atoms with E-state index in [2.05, 4.69) is 10.6 Å². The normalized spacial score (nSPS) is 13.3. The van der Waals surface area contributed by atoms with Gasteiger partial charge in [0.05, 0.1) is 6.04 Å². The number of hydrogen-bond donors (Lipinski definition) is 4.